The lowest BCUT2D eigenvalue weighted by atomic mass is 9.85. The normalized spacial score (nSPS) is 25.1. The molecule has 1 fully saturated rings. The molecule has 0 aromatic heterocycles. The predicted octanol–water partition coefficient (Wildman–Crippen LogP) is 4.37. The minimum atomic E-state index is -5.15. The molecule has 0 spiro atoms. The van der Waals surface area contributed by atoms with Gasteiger partial charge < -0.3 is 39.9 Å². The van der Waals surface area contributed by atoms with Gasteiger partial charge in [0.25, 0.3) is 0 Å². The van der Waals surface area contributed by atoms with Gasteiger partial charge in [0.1, 0.15) is 43.2 Å². The monoisotopic (exact) mass is 738 g/mol. The molecule has 7 unspecified atom stereocenters. The summed E-state index contributed by atoms with van der Waals surface area (Å²) in [6, 6.07) is 0. The zero-order valence-corrected chi connectivity index (χ0v) is 30.2. The maximum absolute atomic E-state index is 12.7. The summed E-state index contributed by atoms with van der Waals surface area (Å²) >= 11 is 0. The third kappa shape index (κ3) is 21.0. The number of unbranched alkanes of at least 4 members (excludes halogenated alkanes) is 1. The van der Waals surface area contributed by atoms with Gasteiger partial charge in [0.2, 0.25) is 0 Å². The van der Waals surface area contributed by atoms with Crippen LogP contribution in [0.4, 0.5) is 0 Å². The smallest absolute Gasteiger partial charge is 0.461 e. The Morgan fingerprint density at radius 2 is 1.16 bits per heavy atom. The van der Waals surface area contributed by atoms with Gasteiger partial charge in [0.05, 0.1) is 13.0 Å². The van der Waals surface area contributed by atoms with Crippen LogP contribution in [0.3, 0.4) is 0 Å². The molecule has 1 aliphatic carbocycles. The van der Waals surface area contributed by atoms with Gasteiger partial charge in [0, 0.05) is 6.42 Å². The Morgan fingerprint density at radius 1 is 0.647 bits per heavy atom. The van der Waals surface area contributed by atoms with E-state index < -0.39 is 75.7 Å². The van der Waals surface area contributed by atoms with Crippen molar-refractivity contribution in [3.63, 3.8) is 0 Å². The second-order valence-electron chi connectivity index (χ2n) is 11.4. The van der Waals surface area contributed by atoms with Crippen LogP contribution in [0.2, 0.25) is 0 Å². The first kappa shape index (κ1) is 45.8. The third-order valence-electron chi connectivity index (χ3n) is 7.08. The molecule has 0 bridgehead atoms. The Morgan fingerprint density at radius 3 is 1.75 bits per heavy atom. The molecule has 14 heteroatoms. The van der Waals surface area contributed by atoms with Crippen molar-refractivity contribution in [2.24, 2.45) is 0 Å². The van der Waals surface area contributed by atoms with Crippen molar-refractivity contribution in [3.05, 3.63) is 97.2 Å². The topological polar surface area (TPSA) is 210 Å². The molecule has 286 valence electrons. The van der Waals surface area contributed by atoms with Crippen LogP contribution in [-0.2, 0) is 32.7 Å². The number of carbonyl (C=O) groups excluding carboxylic acids is 2. The van der Waals surface area contributed by atoms with E-state index in [1.807, 2.05) is 72.9 Å². The number of aliphatic hydroxyl groups excluding tert-OH is 5. The van der Waals surface area contributed by atoms with Gasteiger partial charge in [-0.2, -0.15) is 0 Å². The summed E-state index contributed by atoms with van der Waals surface area (Å²) in [5.41, 5.74) is 0. The van der Waals surface area contributed by atoms with Crippen LogP contribution in [-0.4, -0.2) is 98.3 Å². The van der Waals surface area contributed by atoms with Crippen molar-refractivity contribution in [3.8, 4) is 0 Å². The molecule has 0 heterocycles. The average molecular weight is 739 g/mol. The van der Waals surface area contributed by atoms with E-state index >= 15 is 0 Å². The van der Waals surface area contributed by atoms with Crippen LogP contribution >= 0.6 is 7.82 Å². The number of carbonyl (C=O) groups is 2. The van der Waals surface area contributed by atoms with E-state index in [-0.39, 0.29) is 12.8 Å². The van der Waals surface area contributed by atoms with Crippen LogP contribution in [0.1, 0.15) is 65.2 Å². The molecule has 0 aliphatic heterocycles. The van der Waals surface area contributed by atoms with E-state index in [1.54, 1.807) is 12.2 Å². The van der Waals surface area contributed by atoms with Gasteiger partial charge in [-0.15, -0.1) is 0 Å². The first-order valence-corrected chi connectivity index (χ1v) is 18.6. The van der Waals surface area contributed by atoms with Crippen LogP contribution in [0.5, 0.6) is 0 Å². The Hall–Kier alpha value is -3.23. The van der Waals surface area contributed by atoms with Crippen molar-refractivity contribution in [2.75, 3.05) is 13.2 Å². The fourth-order valence-electron chi connectivity index (χ4n) is 4.32. The van der Waals surface area contributed by atoms with Crippen molar-refractivity contribution in [2.45, 2.75) is 108 Å². The second kappa shape index (κ2) is 27.4. The summed E-state index contributed by atoms with van der Waals surface area (Å²) in [6.07, 6.45) is 21.3. The quantitative estimate of drug-likeness (QED) is 0.0268. The standard InChI is InChI=1S/C37H55O13P/c1-3-5-7-9-11-13-14-15-16-18-20-22-24-26-31(39)49-29(27-47-30(38)25-23-21-19-17-12-10-8-6-4-2)28-48-51(45,46)50-37-35(43)33(41)32(40)34(42)36(37)44/h5-9,11-18,20-21,23,29,32-37,40-44H,3-4,10,19,22,24-28H2,1-2H3,(H,45,46)/b7-5+,8-6+,11-9+,14-13+,16-15+,17-12+,20-18+,23-21+/t29?,32?,33-,34?,35?,36?,37?/m1/s1. The van der Waals surface area contributed by atoms with Crippen molar-refractivity contribution >= 4 is 19.8 Å². The minimum absolute atomic E-state index is 0.0230. The lowest BCUT2D eigenvalue weighted by Crippen LogP contribution is -2.64. The first-order chi connectivity index (χ1) is 24.4. The molecule has 0 aromatic rings. The largest absolute Gasteiger partial charge is 0.472 e. The molecule has 0 amide bonds. The van der Waals surface area contributed by atoms with E-state index in [0.29, 0.717) is 19.3 Å². The molecule has 13 nitrogen and oxygen atoms in total. The van der Waals surface area contributed by atoms with Crippen molar-refractivity contribution < 1.29 is 63.1 Å². The lowest BCUT2D eigenvalue weighted by molar-refractivity contribution is -0.220. The molecule has 8 atom stereocenters. The molecule has 1 saturated carbocycles. The fraction of sp³-hybridized carbons (Fsp3) is 0.514. The van der Waals surface area contributed by atoms with Gasteiger partial charge in [-0.25, -0.2) is 4.57 Å². The van der Waals surface area contributed by atoms with Gasteiger partial charge in [-0.1, -0.05) is 111 Å². The van der Waals surface area contributed by atoms with E-state index in [2.05, 4.69) is 26.0 Å². The van der Waals surface area contributed by atoms with E-state index in [0.717, 1.165) is 19.3 Å². The number of aliphatic hydroxyl groups is 5. The molecule has 6 N–H and O–H groups in total. The highest BCUT2D eigenvalue weighted by Crippen LogP contribution is 2.47. The highest BCUT2D eigenvalue weighted by atomic mass is 31.2. The second-order valence-corrected chi connectivity index (χ2v) is 12.8. The fourth-order valence-corrected chi connectivity index (χ4v) is 5.29. The van der Waals surface area contributed by atoms with Gasteiger partial charge >= 0.3 is 19.8 Å². The zero-order valence-electron chi connectivity index (χ0n) is 29.3. The van der Waals surface area contributed by atoms with Crippen LogP contribution < -0.4 is 0 Å². The number of hydrogen-bond donors (Lipinski definition) is 6. The van der Waals surface area contributed by atoms with Crippen molar-refractivity contribution in [1.82, 2.24) is 0 Å². The van der Waals surface area contributed by atoms with Gasteiger partial charge in [-0.3, -0.25) is 18.6 Å². The van der Waals surface area contributed by atoms with Gasteiger partial charge in [0.15, 0.2) is 6.10 Å². The van der Waals surface area contributed by atoms with Crippen LogP contribution in [0.15, 0.2) is 97.2 Å². The third-order valence-corrected chi connectivity index (χ3v) is 8.07. The van der Waals surface area contributed by atoms with E-state index in [1.165, 1.54) is 0 Å². The van der Waals surface area contributed by atoms with E-state index in [4.69, 9.17) is 18.5 Å². The average Bonchev–Trinajstić information content (AvgIpc) is 3.10. The van der Waals surface area contributed by atoms with Crippen LogP contribution in [0.25, 0.3) is 0 Å². The zero-order chi connectivity index (χ0) is 37.9. The predicted molar refractivity (Wildman–Crippen MR) is 193 cm³/mol. The molecule has 1 aliphatic rings. The summed E-state index contributed by atoms with van der Waals surface area (Å²) in [6.45, 7) is 2.79. The van der Waals surface area contributed by atoms with Crippen molar-refractivity contribution in [1.29, 1.82) is 0 Å². The first-order valence-electron chi connectivity index (χ1n) is 17.1. The Kier molecular flexibility index (Phi) is 24.6. The summed E-state index contributed by atoms with van der Waals surface area (Å²) in [4.78, 5) is 35.2. The van der Waals surface area contributed by atoms with Crippen LogP contribution in [0, 0.1) is 0 Å². The number of esters is 2. The Bertz CT molecular complexity index is 1270. The molecular formula is C37H55O13P. The SMILES string of the molecule is CC/C=C/C=C/C=C/C=C/C=C/CCCC(=O)OC(COC(=O)C/C=C/C/C=C/C/C=C/CC)COP(=O)(O)OC1C(O)C(O)C(O)[C@@H](O)C1O. The highest BCUT2D eigenvalue weighted by molar-refractivity contribution is 7.47. The molecular weight excluding hydrogens is 683 g/mol. The summed E-state index contributed by atoms with van der Waals surface area (Å²) in [5, 5.41) is 49.8. The Labute approximate surface area is 300 Å². The molecule has 0 saturated heterocycles. The summed E-state index contributed by atoms with van der Waals surface area (Å²) < 4.78 is 33.0. The maximum Gasteiger partial charge on any atom is 0.472 e. The number of phosphoric ester groups is 1. The maximum atomic E-state index is 12.7. The number of hydrogen-bond acceptors (Lipinski definition) is 12. The highest BCUT2D eigenvalue weighted by Gasteiger charge is 2.51. The molecule has 51 heavy (non-hydrogen) atoms. The molecule has 0 aromatic carbocycles. The number of ether oxygens (including phenoxy) is 2. The molecule has 0 radical (unpaired) electrons. The number of allylic oxidation sites excluding steroid dienone is 15. The lowest BCUT2D eigenvalue weighted by Gasteiger charge is -2.41. The van der Waals surface area contributed by atoms with Gasteiger partial charge in [-0.05, 0) is 38.5 Å². The Balaban J connectivity index is 2.72. The number of phosphoric acid groups is 1. The summed E-state index contributed by atoms with van der Waals surface area (Å²) in [5.74, 6) is -1.35. The number of rotatable bonds is 24. The molecule has 1 rings (SSSR count). The summed E-state index contributed by atoms with van der Waals surface area (Å²) in [7, 11) is -5.15. The van der Waals surface area contributed by atoms with E-state index in [9.17, 15) is 44.6 Å². The minimum Gasteiger partial charge on any atom is -0.461 e.